The van der Waals surface area contributed by atoms with Gasteiger partial charge in [0.2, 0.25) is 0 Å². The summed E-state index contributed by atoms with van der Waals surface area (Å²) >= 11 is 0. The van der Waals surface area contributed by atoms with E-state index in [4.69, 9.17) is 9.47 Å². The third-order valence-corrected chi connectivity index (χ3v) is 5.27. The van der Waals surface area contributed by atoms with Gasteiger partial charge in [0.15, 0.2) is 11.5 Å². The highest BCUT2D eigenvalue weighted by atomic mass is 19.1. The van der Waals surface area contributed by atoms with Crippen LogP contribution in [0.1, 0.15) is 24.0 Å². The minimum absolute atomic E-state index is 0.190. The molecule has 5 heteroatoms. The minimum atomic E-state index is -0.190. The number of rotatable bonds is 6. The summed E-state index contributed by atoms with van der Waals surface area (Å²) in [4.78, 5) is 6.62. The smallest absolute Gasteiger partial charge is 0.169 e. The van der Waals surface area contributed by atoms with Crippen molar-refractivity contribution < 1.29 is 13.9 Å². The molecule has 0 aromatic heterocycles. The van der Waals surface area contributed by atoms with Crippen LogP contribution in [-0.2, 0) is 0 Å². The first-order valence-corrected chi connectivity index (χ1v) is 10.1. The van der Waals surface area contributed by atoms with Gasteiger partial charge in [0.05, 0.1) is 18.5 Å². The first-order valence-electron chi connectivity index (χ1n) is 10.1. The summed E-state index contributed by atoms with van der Waals surface area (Å²) in [5, 5.41) is 0. The maximum absolute atomic E-state index is 14.6. The van der Waals surface area contributed by atoms with Crippen LogP contribution in [-0.4, -0.2) is 26.4 Å². The van der Waals surface area contributed by atoms with Crippen LogP contribution in [0, 0.1) is 12.7 Å². The van der Waals surface area contributed by atoms with E-state index in [1.165, 1.54) is 0 Å². The van der Waals surface area contributed by atoms with E-state index in [1.54, 1.807) is 19.4 Å². The number of hydrogen-bond donors (Lipinski definition) is 0. The fraction of sp³-hybridized carbons (Fsp3) is 0.240. The molecule has 0 aliphatic carbocycles. The first-order chi connectivity index (χ1) is 14.6. The number of ether oxygens (including phenoxy) is 2. The number of aryl methyl sites for hydroxylation is 1. The summed E-state index contributed by atoms with van der Waals surface area (Å²) < 4.78 is 25.8. The predicted octanol–water partition coefficient (Wildman–Crippen LogP) is 6.29. The molecule has 1 aliphatic heterocycles. The van der Waals surface area contributed by atoms with Crippen LogP contribution in [0.5, 0.6) is 17.2 Å². The van der Waals surface area contributed by atoms with E-state index < -0.39 is 0 Å². The number of methoxy groups -OCH3 is 1. The quantitative estimate of drug-likeness (QED) is 0.453. The normalized spacial score (nSPS) is 13.8. The van der Waals surface area contributed by atoms with Crippen molar-refractivity contribution in [1.29, 1.82) is 0 Å². The molecule has 0 saturated carbocycles. The van der Waals surface area contributed by atoms with Crippen molar-refractivity contribution in [1.82, 2.24) is 0 Å². The van der Waals surface area contributed by atoms with E-state index in [2.05, 4.69) is 9.89 Å². The second kappa shape index (κ2) is 8.99. The number of halogens is 1. The highest BCUT2D eigenvalue weighted by Crippen LogP contribution is 2.32. The van der Waals surface area contributed by atoms with Gasteiger partial charge in [0, 0.05) is 19.3 Å². The van der Waals surface area contributed by atoms with E-state index in [0.29, 0.717) is 22.9 Å². The number of anilines is 1. The molecular formula is C25H25FN2O2. The third kappa shape index (κ3) is 4.46. The zero-order chi connectivity index (χ0) is 20.9. The van der Waals surface area contributed by atoms with E-state index in [-0.39, 0.29) is 5.82 Å². The summed E-state index contributed by atoms with van der Waals surface area (Å²) in [5.41, 5.74) is 3.26. The lowest BCUT2D eigenvalue weighted by Gasteiger charge is -2.19. The summed E-state index contributed by atoms with van der Waals surface area (Å²) in [7, 11) is 1.61. The summed E-state index contributed by atoms with van der Waals surface area (Å²) in [6.45, 7) is 3.84. The van der Waals surface area contributed by atoms with Gasteiger partial charge in [-0.2, -0.15) is 0 Å². The lowest BCUT2D eigenvalue weighted by atomic mass is 10.1. The van der Waals surface area contributed by atoms with E-state index >= 15 is 0 Å². The molecule has 0 radical (unpaired) electrons. The van der Waals surface area contributed by atoms with Gasteiger partial charge in [-0.1, -0.05) is 12.1 Å². The van der Waals surface area contributed by atoms with Gasteiger partial charge in [0.1, 0.15) is 11.6 Å². The van der Waals surface area contributed by atoms with Crippen LogP contribution >= 0.6 is 0 Å². The van der Waals surface area contributed by atoms with E-state index in [9.17, 15) is 4.39 Å². The summed E-state index contributed by atoms with van der Waals surface area (Å²) in [6.07, 6.45) is 3.96. The van der Waals surface area contributed by atoms with E-state index in [0.717, 1.165) is 42.7 Å². The molecule has 1 saturated heterocycles. The molecular weight excluding hydrogens is 379 g/mol. The molecule has 3 aromatic rings. The summed E-state index contributed by atoms with van der Waals surface area (Å²) in [5.74, 6) is 1.83. The molecule has 0 amide bonds. The largest absolute Gasteiger partial charge is 0.493 e. The van der Waals surface area contributed by atoms with Crippen LogP contribution in [0.15, 0.2) is 65.7 Å². The van der Waals surface area contributed by atoms with Crippen molar-refractivity contribution in [2.75, 3.05) is 25.1 Å². The average Bonchev–Trinajstić information content (AvgIpc) is 3.30. The SMILES string of the molecule is COc1ccccc1Oc1ccc(N=Cc2cc(F)c(N3CCCC3)cc2C)cc1. The highest BCUT2D eigenvalue weighted by Gasteiger charge is 2.17. The number of hydrogen-bond acceptors (Lipinski definition) is 4. The molecule has 0 bridgehead atoms. The van der Waals surface area contributed by atoms with Gasteiger partial charge in [-0.15, -0.1) is 0 Å². The topological polar surface area (TPSA) is 34.1 Å². The molecule has 0 atom stereocenters. The minimum Gasteiger partial charge on any atom is -0.493 e. The Morgan fingerprint density at radius 1 is 0.967 bits per heavy atom. The molecule has 1 aliphatic rings. The maximum atomic E-state index is 14.6. The van der Waals surface area contributed by atoms with Crippen molar-refractivity contribution in [2.45, 2.75) is 19.8 Å². The van der Waals surface area contributed by atoms with Crippen LogP contribution in [0.25, 0.3) is 0 Å². The Kier molecular flexibility index (Phi) is 5.98. The number of aliphatic imine (C=N–C) groups is 1. The van der Waals surface area contributed by atoms with Gasteiger partial charge >= 0.3 is 0 Å². The molecule has 4 rings (SSSR count). The van der Waals surface area contributed by atoms with E-state index in [1.807, 2.05) is 61.5 Å². The zero-order valence-corrected chi connectivity index (χ0v) is 17.3. The first kappa shape index (κ1) is 20.0. The van der Waals surface area contributed by atoms with Gasteiger partial charge in [-0.25, -0.2) is 4.39 Å². The molecule has 0 N–H and O–H groups in total. The zero-order valence-electron chi connectivity index (χ0n) is 17.3. The Morgan fingerprint density at radius 3 is 2.37 bits per heavy atom. The van der Waals surface area contributed by atoms with Crippen LogP contribution in [0.3, 0.4) is 0 Å². The Labute approximate surface area is 176 Å². The predicted molar refractivity (Wildman–Crippen MR) is 119 cm³/mol. The van der Waals surface area contributed by atoms with Gasteiger partial charge in [0.25, 0.3) is 0 Å². The van der Waals surface area contributed by atoms with Gasteiger partial charge in [-0.05, 0) is 79.4 Å². The lowest BCUT2D eigenvalue weighted by Crippen LogP contribution is -2.19. The van der Waals surface area contributed by atoms with Crippen LogP contribution in [0.2, 0.25) is 0 Å². The standard InChI is InChI=1S/C25H25FN2O2/c1-18-15-23(28-13-5-6-14-28)22(26)16-19(18)17-27-20-9-11-21(12-10-20)30-25-8-4-3-7-24(25)29-2/h3-4,7-12,15-17H,5-6,13-14H2,1-2H3. The molecule has 0 unspecified atom stereocenters. The number of nitrogens with zero attached hydrogens (tertiary/aromatic N) is 2. The second-order valence-electron chi connectivity index (χ2n) is 7.36. The molecule has 30 heavy (non-hydrogen) atoms. The number of benzene rings is 3. The van der Waals surface area contributed by atoms with Crippen molar-refractivity contribution in [3.8, 4) is 17.2 Å². The van der Waals surface area contributed by atoms with Crippen molar-refractivity contribution in [3.63, 3.8) is 0 Å². The Morgan fingerprint density at radius 2 is 1.67 bits per heavy atom. The molecule has 4 nitrogen and oxygen atoms in total. The van der Waals surface area contributed by atoms with Crippen LogP contribution in [0.4, 0.5) is 15.8 Å². The van der Waals surface area contributed by atoms with Crippen molar-refractivity contribution in [2.24, 2.45) is 4.99 Å². The monoisotopic (exact) mass is 404 g/mol. The Bertz CT molecular complexity index is 1040. The van der Waals surface area contributed by atoms with Gasteiger partial charge < -0.3 is 14.4 Å². The Hall–Kier alpha value is -3.34. The molecule has 1 fully saturated rings. The molecule has 0 spiro atoms. The molecule has 154 valence electrons. The van der Waals surface area contributed by atoms with Crippen molar-refractivity contribution >= 4 is 17.6 Å². The maximum Gasteiger partial charge on any atom is 0.169 e. The molecule has 1 heterocycles. The highest BCUT2D eigenvalue weighted by molar-refractivity contribution is 5.84. The summed E-state index contributed by atoms with van der Waals surface area (Å²) in [6, 6.07) is 18.4. The fourth-order valence-corrected chi connectivity index (χ4v) is 3.60. The van der Waals surface area contributed by atoms with Gasteiger partial charge in [-0.3, -0.25) is 4.99 Å². The Balaban J connectivity index is 1.47. The third-order valence-electron chi connectivity index (χ3n) is 5.27. The number of para-hydroxylation sites is 2. The van der Waals surface area contributed by atoms with Crippen LogP contribution < -0.4 is 14.4 Å². The van der Waals surface area contributed by atoms with Crippen molar-refractivity contribution in [3.05, 3.63) is 77.6 Å². The fourth-order valence-electron chi connectivity index (χ4n) is 3.60. The lowest BCUT2D eigenvalue weighted by molar-refractivity contribution is 0.379. The molecule has 3 aromatic carbocycles. The average molecular weight is 404 g/mol. The second-order valence-corrected chi connectivity index (χ2v) is 7.36.